The number of fused-ring (bicyclic) bond motifs is 2. The molecule has 0 atom stereocenters. The maximum absolute atomic E-state index is 6.44. The van der Waals surface area contributed by atoms with Crippen LogP contribution in [0.2, 0.25) is 10.2 Å². The summed E-state index contributed by atoms with van der Waals surface area (Å²) in [4.78, 5) is 21.4. The third kappa shape index (κ3) is 3.47. The number of nitrogens with one attached hydrogen (secondary N) is 1. The SMILES string of the molecule is Cn1cnc2cc(Oc3ccc(Nc4ncnc5ccc(Cl)nc45)cc3Cl)cnc21. The highest BCUT2D eigenvalue weighted by molar-refractivity contribution is 6.32. The molecule has 0 amide bonds. The number of benzene rings is 1. The van der Waals surface area contributed by atoms with Crippen molar-refractivity contribution < 1.29 is 4.74 Å². The molecule has 0 unspecified atom stereocenters. The molecule has 5 aromatic rings. The van der Waals surface area contributed by atoms with Gasteiger partial charge >= 0.3 is 0 Å². The topological polar surface area (TPSA) is 90.6 Å². The molecular formula is C20H13Cl2N7O. The molecule has 0 aliphatic rings. The molecule has 4 aromatic heterocycles. The number of ether oxygens (including phenoxy) is 1. The van der Waals surface area contributed by atoms with Crippen LogP contribution in [-0.4, -0.2) is 29.5 Å². The number of hydrogen-bond donors (Lipinski definition) is 1. The number of imidazole rings is 1. The highest BCUT2D eigenvalue weighted by Crippen LogP contribution is 2.33. The molecule has 0 saturated carbocycles. The summed E-state index contributed by atoms with van der Waals surface area (Å²) in [6.07, 6.45) is 4.79. The lowest BCUT2D eigenvalue weighted by Gasteiger charge is -2.11. The van der Waals surface area contributed by atoms with Crippen molar-refractivity contribution in [1.82, 2.24) is 29.5 Å². The van der Waals surface area contributed by atoms with Crippen molar-refractivity contribution in [1.29, 1.82) is 0 Å². The number of aryl methyl sites for hydroxylation is 1. The Kier molecular flexibility index (Phi) is 4.57. The molecule has 4 heterocycles. The molecular weight excluding hydrogens is 425 g/mol. The second-order valence-corrected chi connectivity index (χ2v) is 7.26. The number of aromatic nitrogens is 6. The van der Waals surface area contributed by atoms with Gasteiger partial charge in [-0.15, -0.1) is 0 Å². The summed E-state index contributed by atoms with van der Waals surface area (Å²) in [5.74, 6) is 1.56. The van der Waals surface area contributed by atoms with Gasteiger partial charge in [-0.1, -0.05) is 23.2 Å². The van der Waals surface area contributed by atoms with Gasteiger partial charge in [0.15, 0.2) is 11.5 Å². The fourth-order valence-corrected chi connectivity index (χ4v) is 3.35. The van der Waals surface area contributed by atoms with Gasteiger partial charge in [-0.25, -0.2) is 24.9 Å². The molecule has 0 bridgehead atoms. The van der Waals surface area contributed by atoms with Crippen LogP contribution < -0.4 is 10.1 Å². The lowest BCUT2D eigenvalue weighted by molar-refractivity contribution is 0.481. The molecule has 1 aromatic carbocycles. The predicted octanol–water partition coefficient (Wildman–Crippen LogP) is 5.15. The molecule has 0 fully saturated rings. The van der Waals surface area contributed by atoms with E-state index in [1.165, 1.54) is 6.33 Å². The first-order valence-corrected chi connectivity index (χ1v) is 9.61. The van der Waals surface area contributed by atoms with Crippen molar-refractivity contribution in [2.45, 2.75) is 0 Å². The Morgan fingerprint density at radius 1 is 0.967 bits per heavy atom. The van der Waals surface area contributed by atoms with Crippen LogP contribution in [0, 0.1) is 0 Å². The van der Waals surface area contributed by atoms with E-state index < -0.39 is 0 Å². The monoisotopic (exact) mass is 437 g/mol. The van der Waals surface area contributed by atoms with E-state index in [0.717, 1.165) is 11.2 Å². The Balaban J connectivity index is 1.41. The Labute approximate surface area is 180 Å². The first kappa shape index (κ1) is 18.5. The smallest absolute Gasteiger partial charge is 0.160 e. The molecule has 0 aliphatic carbocycles. The minimum Gasteiger partial charge on any atom is -0.454 e. The van der Waals surface area contributed by atoms with Crippen LogP contribution in [0.25, 0.3) is 22.2 Å². The number of pyridine rings is 2. The van der Waals surface area contributed by atoms with Crippen molar-refractivity contribution in [2.75, 3.05) is 5.32 Å². The van der Waals surface area contributed by atoms with Crippen LogP contribution in [0.5, 0.6) is 11.5 Å². The average Bonchev–Trinajstić information content (AvgIpc) is 3.11. The van der Waals surface area contributed by atoms with Crippen LogP contribution in [0.3, 0.4) is 0 Å². The van der Waals surface area contributed by atoms with Gasteiger partial charge in [-0.05, 0) is 30.3 Å². The van der Waals surface area contributed by atoms with Crippen molar-refractivity contribution >= 4 is 56.9 Å². The summed E-state index contributed by atoms with van der Waals surface area (Å²) in [5, 5.41) is 3.98. The number of rotatable bonds is 4. The minimum atomic E-state index is 0.362. The van der Waals surface area contributed by atoms with Gasteiger partial charge in [0.1, 0.15) is 34.0 Å². The van der Waals surface area contributed by atoms with Crippen molar-refractivity contribution in [3.63, 3.8) is 0 Å². The van der Waals surface area contributed by atoms with Gasteiger partial charge in [0.05, 0.1) is 23.1 Å². The lowest BCUT2D eigenvalue weighted by atomic mass is 10.3. The fraction of sp³-hybridized carbons (Fsp3) is 0.0500. The summed E-state index contributed by atoms with van der Waals surface area (Å²) in [6, 6.07) is 10.6. The van der Waals surface area contributed by atoms with Gasteiger partial charge in [-0.2, -0.15) is 0 Å². The lowest BCUT2D eigenvalue weighted by Crippen LogP contribution is -1.98. The molecule has 10 heteroatoms. The van der Waals surface area contributed by atoms with Crippen LogP contribution in [0.1, 0.15) is 0 Å². The van der Waals surface area contributed by atoms with E-state index in [4.69, 9.17) is 27.9 Å². The molecule has 5 rings (SSSR count). The fourth-order valence-electron chi connectivity index (χ4n) is 2.99. The van der Waals surface area contributed by atoms with Crippen LogP contribution in [-0.2, 0) is 7.05 Å². The number of halogens is 2. The van der Waals surface area contributed by atoms with Gasteiger partial charge in [0.2, 0.25) is 0 Å². The number of hydrogen-bond acceptors (Lipinski definition) is 7. The van der Waals surface area contributed by atoms with Gasteiger partial charge in [-0.3, -0.25) is 0 Å². The normalized spacial score (nSPS) is 11.2. The molecule has 148 valence electrons. The Hall–Kier alpha value is -3.49. The van der Waals surface area contributed by atoms with E-state index in [1.807, 2.05) is 23.7 Å². The summed E-state index contributed by atoms with van der Waals surface area (Å²) in [6.45, 7) is 0. The maximum Gasteiger partial charge on any atom is 0.160 e. The molecule has 0 radical (unpaired) electrons. The largest absolute Gasteiger partial charge is 0.454 e. The third-order valence-electron chi connectivity index (χ3n) is 4.40. The third-order valence-corrected chi connectivity index (χ3v) is 4.90. The van der Waals surface area contributed by atoms with Gasteiger partial charge in [0, 0.05) is 18.8 Å². The zero-order valence-corrected chi connectivity index (χ0v) is 17.1. The Morgan fingerprint density at radius 2 is 1.87 bits per heavy atom. The quantitative estimate of drug-likeness (QED) is 0.388. The maximum atomic E-state index is 6.44. The standard InChI is InChI=1S/C20H13Cl2N7O/c1-29-10-26-15-7-12(8-23-20(15)29)30-16-4-2-11(6-13(16)21)27-19-18-14(24-9-25-19)3-5-17(22)28-18/h2-10H,1H3,(H,24,25,27). The Bertz CT molecular complexity index is 1400. The zero-order valence-electron chi connectivity index (χ0n) is 15.5. The highest BCUT2D eigenvalue weighted by atomic mass is 35.5. The second kappa shape index (κ2) is 7.40. The van der Waals surface area contributed by atoms with E-state index in [-0.39, 0.29) is 0 Å². The summed E-state index contributed by atoms with van der Waals surface area (Å²) in [5.41, 5.74) is 3.48. The van der Waals surface area contributed by atoms with Crippen LogP contribution in [0.15, 0.2) is 55.2 Å². The van der Waals surface area contributed by atoms with E-state index in [1.54, 1.807) is 36.8 Å². The number of nitrogens with zero attached hydrogens (tertiary/aromatic N) is 6. The average molecular weight is 438 g/mol. The summed E-state index contributed by atoms with van der Waals surface area (Å²) < 4.78 is 7.73. The molecule has 0 spiro atoms. The summed E-state index contributed by atoms with van der Waals surface area (Å²) >= 11 is 12.4. The second-order valence-electron chi connectivity index (χ2n) is 6.47. The number of anilines is 2. The highest BCUT2D eigenvalue weighted by Gasteiger charge is 2.10. The molecule has 8 nitrogen and oxygen atoms in total. The van der Waals surface area contributed by atoms with Crippen LogP contribution >= 0.6 is 23.2 Å². The minimum absolute atomic E-state index is 0.362. The van der Waals surface area contributed by atoms with Gasteiger partial charge in [0.25, 0.3) is 0 Å². The van der Waals surface area contributed by atoms with E-state index in [2.05, 4.69) is 30.2 Å². The van der Waals surface area contributed by atoms with E-state index in [9.17, 15) is 0 Å². The Morgan fingerprint density at radius 3 is 2.73 bits per heavy atom. The molecule has 0 saturated heterocycles. The first-order valence-electron chi connectivity index (χ1n) is 8.85. The van der Waals surface area contributed by atoms with Crippen molar-refractivity contribution in [3.8, 4) is 11.5 Å². The predicted molar refractivity (Wildman–Crippen MR) is 116 cm³/mol. The van der Waals surface area contributed by atoms with Gasteiger partial charge < -0.3 is 14.6 Å². The van der Waals surface area contributed by atoms with Crippen LogP contribution in [0.4, 0.5) is 11.5 Å². The summed E-state index contributed by atoms with van der Waals surface area (Å²) in [7, 11) is 1.88. The van der Waals surface area contributed by atoms with Crippen molar-refractivity contribution in [2.24, 2.45) is 7.05 Å². The molecule has 30 heavy (non-hydrogen) atoms. The van der Waals surface area contributed by atoms with Crippen molar-refractivity contribution in [3.05, 3.63) is 65.4 Å². The molecule has 0 aliphatic heterocycles. The zero-order chi connectivity index (χ0) is 20.7. The van der Waals surface area contributed by atoms with E-state index >= 15 is 0 Å². The molecule has 1 N–H and O–H groups in total. The van der Waals surface area contributed by atoms with E-state index in [0.29, 0.717) is 44.2 Å². The first-order chi connectivity index (χ1) is 14.6.